The van der Waals surface area contributed by atoms with Crippen LogP contribution in [0, 0.1) is 0 Å². The predicted molar refractivity (Wildman–Crippen MR) is 125 cm³/mol. The van der Waals surface area contributed by atoms with Crippen LogP contribution in [0.15, 0.2) is 76.8 Å². The molecule has 2 heterocycles. The molecule has 3 aromatic rings. The number of imide groups is 1. The van der Waals surface area contributed by atoms with E-state index in [-0.39, 0.29) is 35.9 Å². The molecule has 0 unspecified atom stereocenters. The Balaban J connectivity index is 1.25. The normalized spacial score (nSPS) is 15.1. The highest BCUT2D eigenvalue weighted by atomic mass is 32.2. The van der Waals surface area contributed by atoms with Gasteiger partial charge >= 0.3 is 0 Å². The van der Waals surface area contributed by atoms with E-state index in [1.807, 2.05) is 42.5 Å². The van der Waals surface area contributed by atoms with Gasteiger partial charge in [-0.25, -0.2) is 0 Å². The van der Waals surface area contributed by atoms with Crippen molar-refractivity contribution in [3.63, 3.8) is 0 Å². The maximum atomic E-state index is 12.5. The highest BCUT2D eigenvalue weighted by Crippen LogP contribution is 2.31. The van der Waals surface area contributed by atoms with Crippen LogP contribution in [-0.2, 0) is 9.59 Å². The lowest BCUT2D eigenvalue weighted by Gasteiger charge is -2.13. The van der Waals surface area contributed by atoms with Gasteiger partial charge in [-0.2, -0.15) is 0 Å². The van der Waals surface area contributed by atoms with E-state index in [0.29, 0.717) is 4.91 Å². The van der Waals surface area contributed by atoms with Gasteiger partial charge in [0.05, 0.1) is 10.7 Å². The summed E-state index contributed by atoms with van der Waals surface area (Å²) in [5, 5.41) is 4.73. The van der Waals surface area contributed by atoms with Crippen LogP contribution in [0.25, 0.3) is 16.8 Å². The average Bonchev–Trinajstić information content (AvgIpc) is 3.05. The van der Waals surface area contributed by atoms with Crippen LogP contribution in [0.3, 0.4) is 0 Å². The van der Waals surface area contributed by atoms with Gasteiger partial charge in [0.25, 0.3) is 11.1 Å². The number of benzene rings is 2. The highest BCUT2D eigenvalue weighted by molar-refractivity contribution is 8.18. The van der Waals surface area contributed by atoms with Crippen molar-refractivity contribution in [3.8, 4) is 0 Å². The van der Waals surface area contributed by atoms with E-state index in [1.165, 1.54) is 11.8 Å². The van der Waals surface area contributed by atoms with Gasteiger partial charge in [0.1, 0.15) is 0 Å². The fourth-order valence-corrected chi connectivity index (χ4v) is 4.71. The molecule has 1 aliphatic heterocycles. The molecule has 6 nitrogen and oxygen atoms in total. The fraction of sp³-hybridized carbons (Fsp3) is 0.130. The molecule has 0 aliphatic carbocycles. The number of rotatable bonds is 7. The standard InChI is InChI=1S/C23H19N3O3S2/c27-21(15-30-19-8-7-17-5-1-2-6-18(17)13-19)25-10-11-26-22(28)20(31-23(26)29)12-16-4-3-9-24-14-16/h1-9,12-14H,10-11,15H2,(H,25,27). The third kappa shape index (κ3) is 5.34. The van der Waals surface area contributed by atoms with E-state index in [1.54, 1.807) is 24.5 Å². The lowest BCUT2D eigenvalue weighted by molar-refractivity contribution is -0.123. The average molecular weight is 450 g/mol. The molecule has 8 heteroatoms. The Kier molecular flexibility index (Phi) is 6.69. The van der Waals surface area contributed by atoms with Crippen LogP contribution in [-0.4, -0.2) is 45.8 Å². The van der Waals surface area contributed by atoms with Crippen LogP contribution >= 0.6 is 23.5 Å². The molecule has 1 aliphatic rings. The number of aromatic nitrogens is 1. The van der Waals surface area contributed by atoms with Crippen molar-refractivity contribution in [2.24, 2.45) is 0 Å². The summed E-state index contributed by atoms with van der Waals surface area (Å²) in [6, 6.07) is 17.7. The number of nitrogens with one attached hydrogen (secondary N) is 1. The van der Waals surface area contributed by atoms with Crippen molar-refractivity contribution in [3.05, 3.63) is 77.5 Å². The molecule has 0 radical (unpaired) electrons. The number of thioether (sulfide) groups is 2. The molecule has 156 valence electrons. The van der Waals surface area contributed by atoms with E-state index in [4.69, 9.17) is 0 Å². The quantitative estimate of drug-likeness (QED) is 0.431. The molecule has 0 bridgehead atoms. The van der Waals surface area contributed by atoms with Crippen molar-refractivity contribution < 1.29 is 14.4 Å². The van der Waals surface area contributed by atoms with E-state index in [2.05, 4.69) is 16.4 Å². The summed E-state index contributed by atoms with van der Waals surface area (Å²) in [6.45, 7) is 0.358. The third-order valence-corrected chi connectivity index (χ3v) is 6.51. The van der Waals surface area contributed by atoms with Crippen LogP contribution in [0.5, 0.6) is 0 Å². The Morgan fingerprint density at radius 1 is 1.10 bits per heavy atom. The van der Waals surface area contributed by atoms with E-state index in [9.17, 15) is 14.4 Å². The van der Waals surface area contributed by atoms with Gasteiger partial charge in [-0.05, 0) is 52.4 Å². The Bertz CT molecular complexity index is 1160. The van der Waals surface area contributed by atoms with Gasteiger partial charge in [-0.15, -0.1) is 11.8 Å². The number of hydrogen-bond acceptors (Lipinski definition) is 6. The second-order valence-electron chi connectivity index (χ2n) is 6.77. The first-order chi connectivity index (χ1) is 15.1. The summed E-state index contributed by atoms with van der Waals surface area (Å²) < 4.78 is 0. The molecule has 4 rings (SSSR count). The van der Waals surface area contributed by atoms with Crippen LogP contribution in [0.2, 0.25) is 0 Å². The first-order valence-corrected chi connectivity index (χ1v) is 11.4. The van der Waals surface area contributed by atoms with Crippen molar-refractivity contribution in [2.45, 2.75) is 4.90 Å². The van der Waals surface area contributed by atoms with Gasteiger partial charge in [-0.3, -0.25) is 24.3 Å². The molecular formula is C23H19N3O3S2. The SMILES string of the molecule is O=C(CSc1ccc2ccccc2c1)NCCN1C(=O)SC(=Cc2cccnc2)C1=O. The summed E-state index contributed by atoms with van der Waals surface area (Å²) in [4.78, 5) is 43.4. The zero-order valence-electron chi connectivity index (χ0n) is 16.5. The van der Waals surface area contributed by atoms with Crippen molar-refractivity contribution in [2.75, 3.05) is 18.8 Å². The van der Waals surface area contributed by atoms with Crippen molar-refractivity contribution in [1.29, 1.82) is 0 Å². The molecule has 0 saturated carbocycles. The van der Waals surface area contributed by atoms with Gasteiger partial charge in [-0.1, -0.05) is 36.4 Å². The first kappa shape index (κ1) is 21.1. The largest absolute Gasteiger partial charge is 0.354 e. The van der Waals surface area contributed by atoms with E-state index < -0.39 is 0 Å². The number of amides is 3. The summed E-state index contributed by atoms with van der Waals surface area (Å²) in [7, 11) is 0. The number of pyridine rings is 1. The third-order valence-electron chi connectivity index (χ3n) is 4.60. The Hall–Kier alpha value is -3.10. The predicted octanol–water partition coefficient (Wildman–Crippen LogP) is 4.18. The minimum atomic E-state index is -0.348. The van der Waals surface area contributed by atoms with Gasteiger partial charge < -0.3 is 5.32 Å². The molecule has 2 aromatic carbocycles. The Morgan fingerprint density at radius 2 is 1.94 bits per heavy atom. The molecule has 1 N–H and O–H groups in total. The summed E-state index contributed by atoms with van der Waals surface area (Å²) >= 11 is 2.35. The summed E-state index contributed by atoms with van der Waals surface area (Å²) in [5.74, 6) is -0.226. The second kappa shape index (κ2) is 9.80. The van der Waals surface area contributed by atoms with Crippen LogP contribution in [0.1, 0.15) is 5.56 Å². The van der Waals surface area contributed by atoms with Crippen molar-refractivity contribution >= 4 is 57.4 Å². The molecule has 1 fully saturated rings. The molecular weight excluding hydrogens is 430 g/mol. The number of hydrogen-bond donors (Lipinski definition) is 1. The van der Waals surface area contributed by atoms with Gasteiger partial charge in [0.2, 0.25) is 5.91 Å². The maximum Gasteiger partial charge on any atom is 0.293 e. The Labute approximate surface area is 188 Å². The second-order valence-corrected chi connectivity index (χ2v) is 8.81. The number of nitrogens with zero attached hydrogens (tertiary/aromatic N) is 2. The zero-order valence-corrected chi connectivity index (χ0v) is 18.1. The number of carbonyl (C=O) groups excluding carboxylic acids is 3. The van der Waals surface area contributed by atoms with Gasteiger partial charge in [0.15, 0.2) is 0 Å². The molecule has 0 atom stereocenters. The highest BCUT2D eigenvalue weighted by Gasteiger charge is 2.34. The number of fused-ring (bicyclic) bond motifs is 1. The minimum absolute atomic E-state index is 0.140. The zero-order chi connectivity index (χ0) is 21.6. The molecule has 31 heavy (non-hydrogen) atoms. The molecule has 0 spiro atoms. The minimum Gasteiger partial charge on any atom is -0.354 e. The summed E-state index contributed by atoms with van der Waals surface area (Å²) in [5.41, 5.74) is 0.756. The number of carbonyl (C=O) groups is 3. The monoisotopic (exact) mass is 449 g/mol. The fourth-order valence-electron chi connectivity index (χ4n) is 3.07. The Morgan fingerprint density at radius 3 is 2.74 bits per heavy atom. The van der Waals surface area contributed by atoms with Crippen LogP contribution < -0.4 is 5.32 Å². The van der Waals surface area contributed by atoms with E-state index in [0.717, 1.165) is 37.9 Å². The lowest BCUT2D eigenvalue weighted by Crippen LogP contribution is -2.37. The summed E-state index contributed by atoms with van der Waals surface area (Å²) in [6.07, 6.45) is 4.92. The van der Waals surface area contributed by atoms with Crippen molar-refractivity contribution in [1.82, 2.24) is 15.2 Å². The molecule has 1 aromatic heterocycles. The molecule has 1 saturated heterocycles. The smallest absolute Gasteiger partial charge is 0.293 e. The van der Waals surface area contributed by atoms with Crippen LogP contribution in [0.4, 0.5) is 4.79 Å². The molecule has 3 amide bonds. The topological polar surface area (TPSA) is 79.4 Å². The lowest BCUT2D eigenvalue weighted by atomic mass is 10.1. The van der Waals surface area contributed by atoms with E-state index >= 15 is 0 Å². The first-order valence-electron chi connectivity index (χ1n) is 9.64. The maximum absolute atomic E-state index is 12.5. The van der Waals surface area contributed by atoms with Gasteiger partial charge in [0, 0.05) is 30.4 Å².